The molecule has 2 saturated carbocycles. The highest BCUT2D eigenvalue weighted by molar-refractivity contribution is 8.05. The molecule has 182 valence electrons. The van der Waals surface area contributed by atoms with Crippen molar-refractivity contribution in [3.8, 4) is 6.07 Å². The van der Waals surface area contributed by atoms with E-state index in [0.29, 0.717) is 0 Å². The van der Waals surface area contributed by atoms with E-state index < -0.39 is 0 Å². The molecule has 0 aromatic heterocycles. The van der Waals surface area contributed by atoms with Crippen molar-refractivity contribution in [3.05, 3.63) is 82.0 Å². The lowest BCUT2D eigenvalue weighted by Crippen LogP contribution is -2.40. The number of allylic oxidation sites excluding steroid dienone is 3. The number of nitrogens with one attached hydrogen (secondary N) is 1. The monoisotopic (exact) mass is 483 g/mol. The molecule has 4 heteroatoms. The molecule has 3 nitrogen and oxygen atoms in total. The predicted molar refractivity (Wildman–Crippen MR) is 149 cm³/mol. The molecule has 35 heavy (non-hydrogen) atoms. The second-order valence-corrected chi connectivity index (χ2v) is 11.8. The fourth-order valence-electron chi connectivity index (χ4n) is 5.99. The van der Waals surface area contributed by atoms with Gasteiger partial charge in [-0.15, -0.1) is 0 Å². The normalized spacial score (nSPS) is 22.3. The van der Waals surface area contributed by atoms with E-state index >= 15 is 0 Å². The number of nitrogens with zero attached hydrogens (tertiary/aromatic N) is 2. The van der Waals surface area contributed by atoms with Crippen molar-refractivity contribution in [2.24, 2.45) is 5.41 Å². The first-order chi connectivity index (χ1) is 16.9. The summed E-state index contributed by atoms with van der Waals surface area (Å²) in [5.74, 6) is 0. The van der Waals surface area contributed by atoms with E-state index in [0.717, 1.165) is 55.8 Å². The zero-order valence-corrected chi connectivity index (χ0v) is 21.9. The van der Waals surface area contributed by atoms with Crippen molar-refractivity contribution in [1.29, 1.82) is 5.26 Å². The summed E-state index contributed by atoms with van der Waals surface area (Å²) >= 11 is 1.70. The van der Waals surface area contributed by atoms with Gasteiger partial charge < -0.3 is 10.2 Å². The van der Waals surface area contributed by atoms with Gasteiger partial charge in [0.05, 0.1) is 11.1 Å². The van der Waals surface area contributed by atoms with Crippen LogP contribution in [0.15, 0.2) is 65.3 Å². The highest BCUT2D eigenvalue weighted by Gasteiger charge is 2.48. The molecule has 1 N–H and O–H groups in total. The Hall–Kier alpha value is -2.64. The van der Waals surface area contributed by atoms with Crippen molar-refractivity contribution in [2.75, 3.05) is 6.54 Å². The van der Waals surface area contributed by atoms with Crippen molar-refractivity contribution >= 4 is 23.4 Å². The van der Waals surface area contributed by atoms with Gasteiger partial charge in [0.15, 0.2) is 0 Å². The molecule has 4 aliphatic rings. The zero-order chi connectivity index (χ0) is 24.6. The number of rotatable bonds is 8. The first-order valence-electron chi connectivity index (χ1n) is 13.1. The Labute approximate surface area is 215 Å². The molecule has 0 spiro atoms. The van der Waals surface area contributed by atoms with Gasteiger partial charge in [0, 0.05) is 23.4 Å². The third-order valence-corrected chi connectivity index (χ3v) is 9.43. The topological polar surface area (TPSA) is 39.1 Å². The lowest BCUT2D eigenvalue weighted by Gasteiger charge is -2.41. The molecule has 3 fully saturated rings. The Balaban J connectivity index is 1.32. The van der Waals surface area contributed by atoms with Gasteiger partial charge in [-0.3, -0.25) is 0 Å². The maximum atomic E-state index is 9.64. The highest BCUT2D eigenvalue weighted by Crippen LogP contribution is 2.52. The average Bonchev–Trinajstić information content (AvgIpc) is 3.29. The molecule has 0 unspecified atom stereocenters. The number of hydrogen-bond acceptors (Lipinski definition) is 4. The summed E-state index contributed by atoms with van der Waals surface area (Å²) in [5, 5.41) is 16.5. The van der Waals surface area contributed by atoms with Gasteiger partial charge in [0.1, 0.15) is 5.54 Å². The predicted octanol–water partition coefficient (Wildman–Crippen LogP) is 7.91. The standard InChI is InChI=1S/C31H37N3S/c1-22(20-35-25(4)34-16-8-9-23(34)2)26-10-11-27-18-29(19-28(27)17-26)31(12-6-5-7-13-31)24(3)33-30(21-32)14-15-30/h10-11,17-18,20,33H,2-9,12-16,19H2,1H3/b22-20+. The number of nitriles is 1. The molecule has 1 aromatic carbocycles. The van der Waals surface area contributed by atoms with E-state index in [9.17, 15) is 5.26 Å². The lowest BCUT2D eigenvalue weighted by molar-refractivity contribution is 0.269. The Morgan fingerprint density at radius 1 is 1.14 bits per heavy atom. The third kappa shape index (κ3) is 4.64. The molecule has 1 aliphatic heterocycles. The highest BCUT2D eigenvalue weighted by atomic mass is 32.2. The quantitative estimate of drug-likeness (QED) is 0.408. The first kappa shape index (κ1) is 24.1. The van der Waals surface area contributed by atoms with Crippen LogP contribution in [0, 0.1) is 16.7 Å². The van der Waals surface area contributed by atoms with Gasteiger partial charge >= 0.3 is 0 Å². The molecule has 3 aliphatic carbocycles. The van der Waals surface area contributed by atoms with E-state index in [1.54, 1.807) is 11.8 Å². The summed E-state index contributed by atoms with van der Waals surface area (Å²) in [4.78, 5) is 2.25. The number of hydrogen-bond donors (Lipinski definition) is 1. The minimum Gasteiger partial charge on any atom is -0.370 e. The molecule has 0 radical (unpaired) electrons. The largest absolute Gasteiger partial charge is 0.370 e. The molecule has 0 bridgehead atoms. The smallest absolute Gasteiger partial charge is 0.125 e. The summed E-state index contributed by atoms with van der Waals surface area (Å²) in [6, 6.07) is 9.39. The van der Waals surface area contributed by atoms with Crippen molar-refractivity contribution in [1.82, 2.24) is 10.2 Å². The van der Waals surface area contributed by atoms with E-state index in [2.05, 4.69) is 72.6 Å². The van der Waals surface area contributed by atoms with Crippen LogP contribution in [-0.4, -0.2) is 17.0 Å². The molecule has 5 rings (SSSR count). The maximum Gasteiger partial charge on any atom is 0.125 e. The van der Waals surface area contributed by atoms with Crippen LogP contribution in [0.4, 0.5) is 0 Å². The lowest BCUT2D eigenvalue weighted by atomic mass is 9.66. The summed E-state index contributed by atoms with van der Waals surface area (Å²) < 4.78 is 0. The SMILES string of the molecule is C=C1CCCN1C(=C)S/C=C(\C)c1ccc2c(c1)CC(C1(C(=C)NC3(C#N)CC3)CCCCC1)=C2. The van der Waals surface area contributed by atoms with Crippen molar-refractivity contribution < 1.29 is 0 Å². The third-order valence-electron chi connectivity index (χ3n) is 8.46. The van der Waals surface area contributed by atoms with Gasteiger partial charge in [-0.1, -0.05) is 80.6 Å². The molecule has 1 aromatic rings. The van der Waals surface area contributed by atoms with Gasteiger partial charge in [0.25, 0.3) is 0 Å². The second kappa shape index (κ2) is 9.43. The Morgan fingerprint density at radius 2 is 1.91 bits per heavy atom. The number of thioether (sulfide) groups is 1. The van der Waals surface area contributed by atoms with Crippen LogP contribution in [0.5, 0.6) is 0 Å². The average molecular weight is 484 g/mol. The van der Waals surface area contributed by atoms with Crippen LogP contribution >= 0.6 is 11.8 Å². The van der Waals surface area contributed by atoms with Crippen LogP contribution in [0.25, 0.3) is 11.6 Å². The van der Waals surface area contributed by atoms with Crippen LogP contribution in [0.3, 0.4) is 0 Å². The van der Waals surface area contributed by atoms with Gasteiger partial charge in [-0.25, -0.2) is 0 Å². The second-order valence-electron chi connectivity index (χ2n) is 10.8. The minimum absolute atomic E-state index is 0.0273. The van der Waals surface area contributed by atoms with E-state index in [1.807, 2.05) is 0 Å². The minimum atomic E-state index is -0.369. The molecule has 1 saturated heterocycles. The molecule has 0 amide bonds. The van der Waals surface area contributed by atoms with Crippen LogP contribution < -0.4 is 5.32 Å². The van der Waals surface area contributed by atoms with Crippen LogP contribution in [-0.2, 0) is 6.42 Å². The Kier molecular flexibility index (Phi) is 6.49. The van der Waals surface area contributed by atoms with Crippen LogP contribution in [0.1, 0.15) is 81.4 Å². The van der Waals surface area contributed by atoms with Gasteiger partial charge in [0.2, 0.25) is 0 Å². The molecular formula is C31H37N3S. The molecule has 0 atom stereocenters. The van der Waals surface area contributed by atoms with E-state index in [4.69, 9.17) is 0 Å². The van der Waals surface area contributed by atoms with E-state index in [-0.39, 0.29) is 11.0 Å². The van der Waals surface area contributed by atoms with Gasteiger partial charge in [-0.05, 0) is 79.5 Å². The Bertz CT molecular complexity index is 1170. The summed E-state index contributed by atoms with van der Waals surface area (Å²) in [6.45, 7) is 16.2. The summed E-state index contributed by atoms with van der Waals surface area (Å²) in [6.07, 6.45) is 13.5. The zero-order valence-electron chi connectivity index (χ0n) is 21.1. The fraction of sp³-hybridized carbons (Fsp3) is 0.452. The summed E-state index contributed by atoms with van der Waals surface area (Å²) in [5.41, 5.74) is 8.61. The maximum absolute atomic E-state index is 9.64. The number of likely N-dealkylation sites (tertiary alicyclic amines) is 1. The van der Waals surface area contributed by atoms with Crippen molar-refractivity contribution in [2.45, 2.75) is 76.7 Å². The Morgan fingerprint density at radius 3 is 2.57 bits per heavy atom. The first-order valence-corrected chi connectivity index (χ1v) is 13.9. The van der Waals surface area contributed by atoms with Crippen LogP contribution in [0.2, 0.25) is 0 Å². The van der Waals surface area contributed by atoms with Crippen molar-refractivity contribution in [3.63, 3.8) is 0 Å². The number of benzene rings is 1. The summed E-state index contributed by atoms with van der Waals surface area (Å²) in [7, 11) is 0. The molecular weight excluding hydrogens is 446 g/mol. The van der Waals surface area contributed by atoms with Gasteiger partial charge in [-0.2, -0.15) is 5.26 Å². The molecule has 1 heterocycles. The number of fused-ring (bicyclic) bond motifs is 1. The van der Waals surface area contributed by atoms with E-state index in [1.165, 1.54) is 59.2 Å². The fourth-order valence-corrected chi connectivity index (χ4v) is 6.79.